The molecule has 4 heteroatoms. The third kappa shape index (κ3) is 4.05. The molecule has 0 aliphatic rings. The van der Waals surface area contributed by atoms with Crippen LogP contribution in [0.5, 0.6) is 0 Å². The van der Waals surface area contributed by atoms with Crippen molar-refractivity contribution in [3.63, 3.8) is 0 Å². The molecule has 2 rings (SSSR count). The molecule has 2 aromatic rings. The van der Waals surface area contributed by atoms with Gasteiger partial charge in [-0.25, -0.2) is 8.78 Å². The Balaban J connectivity index is 2.21. The molecule has 106 valence electrons. The second-order valence-electron chi connectivity index (χ2n) is 4.46. The molecular formula is C16H17F2NS. The van der Waals surface area contributed by atoms with E-state index in [2.05, 4.69) is 12.2 Å². The van der Waals surface area contributed by atoms with Gasteiger partial charge in [-0.15, -0.1) is 0 Å². The predicted octanol–water partition coefficient (Wildman–Crippen LogP) is 4.62. The van der Waals surface area contributed by atoms with Gasteiger partial charge in [0, 0.05) is 11.4 Å². The average Bonchev–Trinajstić information content (AvgIpc) is 2.43. The number of hydrogen-bond acceptors (Lipinski definition) is 2. The van der Waals surface area contributed by atoms with Gasteiger partial charge in [0.1, 0.15) is 11.6 Å². The van der Waals surface area contributed by atoms with E-state index in [-0.39, 0.29) is 11.6 Å². The summed E-state index contributed by atoms with van der Waals surface area (Å²) in [6.45, 7) is 3.59. The highest BCUT2D eigenvalue weighted by Gasteiger charge is 2.10. The lowest BCUT2D eigenvalue weighted by molar-refractivity contribution is 0.588. The van der Waals surface area contributed by atoms with Crippen LogP contribution in [0, 0.1) is 11.6 Å². The van der Waals surface area contributed by atoms with Crippen LogP contribution < -0.4 is 5.32 Å². The van der Waals surface area contributed by atoms with E-state index in [0.29, 0.717) is 16.3 Å². The summed E-state index contributed by atoms with van der Waals surface area (Å²) in [4.78, 5) is 1.26. The summed E-state index contributed by atoms with van der Waals surface area (Å²) in [7, 11) is 0. The molecule has 0 heterocycles. The molecule has 0 radical (unpaired) electrons. The van der Waals surface area contributed by atoms with Crippen LogP contribution in [0.15, 0.2) is 52.3 Å². The van der Waals surface area contributed by atoms with Gasteiger partial charge in [0.25, 0.3) is 0 Å². The minimum absolute atomic E-state index is 0.268. The van der Waals surface area contributed by atoms with Gasteiger partial charge in [-0.2, -0.15) is 0 Å². The Labute approximate surface area is 122 Å². The van der Waals surface area contributed by atoms with E-state index in [0.717, 1.165) is 18.5 Å². The van der Waals surface area contributed by atoms with E-state index in [9.17, 15) is 8.78 Å². The van der Waals surface area contributed by atoms with Gasteiger partial charge in [0.05, 0.1) is 4.90 Å². The van der Waals surface area contributed by atoms with Crippen molar-refractivity contribution in [2.75, 3.05) is 6.54 Å². The summed E-state index contributed by atoms with van der Waals surface area (Å²) in [5, 5.41) is 3.26. The zero-order valence-electron chi connectivity index (χ0n) is 11.3. The summed E-state index contributed by atoms with van der Waals surface area (Å²) < 4.78 is 27.2. The first kappa shape index (κ1) is 15.0. The van der Waals surface area contributed by atoms with Gasteiger partial charge in [-0.1, -0.05) is 36.9 Å². The fourth-order valence-electron chi connectivity index (χ4n) is 1.86. The zero-order chi connectivity index (χ0) is 14.4. The molecule has 2 aromatic carbocycles. The molecule has 0 amide bonds. The van der Waals surface area contributed by atoms with E-state index < -0.39 is 0 Å². The highest BCUT2D eigenvalue weighted by Crippen LogP contribution is 2.33. The van der Waals surface area contributed by atoms with E-state index in [1.807, 2.05) is 6.07 Å². The monoisotopic (exact) mass is 293 g/mol. The number of nitrogens with one attached hydrogen (secondary N) is 1. The molecule has 20 heavy (non-hydrogen) atoms. The molecule has 0 saturated heterocycles. The van der Waals surface area contributed by atoms with Crippen LogP contribution in [-0.2, 0) is 6.54 Å². The average molecular weight is 293 g/mol. The van der Waals surface area contributed by atoms with Gasteiger partial charge in [0.2, 0.25) is 0 Å². The van der Waals surface area contributed by atoms with Crippen LogP contribution in [0.4, 0.5) is 8.78 Å². The molecule has 0 bridgehead atoms. The zero-order valence-corrected chi connectivity index (χ0v) is 12.1. The Bertz CT molecular complexity index is 572. The maximum atomic E-state index is 14.0. The quantitative estimate of drug-likeness (QED) is 0.780. The van der Waals surface area contributed by atoms with Gasteiger partial charge < -0.3 is 5.32 Å². The Hall–Kier alpha value is -1.39. The molecule has 0 atom stereocenters. The first-order valence-corrected chi connectivity index (χ1v) is 7.44. The number of rotatable bonds is 6. The fourth-order valence-corrected chi connectivity index (χ4v) is 2.85. The molecule has 0 saturated carbocycles. The minimum atomic E-state index is -0.308. The first-order valence-electron chi connectivity index (χ1n) is 6.62. The van der Waals surface area contributed by atoms with Gasteiger partial charge >= 0.3 is 0 Å². The van der Waals surface area contributed by atoms with E-state index in [1.165, 1.54) is 30.0 Å². The summed E-state index contributed by atoms with van der Waals surface area (Å²) >= 11 is 1.26. The third-order valence-corrected chi connectivity index (χ3v) is 3.96. The minimum Gasteiger partial charge on any atom is -0.313 e. The largest absolute Gasteiger partial charge is 0.313 e. The van der Waals surface area contributed by atoms with Crippen molar-refractivity contribution in [3.8, 4) is 0 Å². The molecule has 1 N–H and O–H groups in total. The Morgan fingerprint density at radius 2 is 1.90 bits per heavy atom. The van der Waals surface area contributed by atoms with Gasteiger partial charge in [-0.05, 0) is 42.8 Å². The second-order valence-corrected chi connectivity index (χ2v) is 5.55. The van der Waals surface area contributed by atoms with Gasteiger partial charge in [-0.3, -0.25) is 0 Å². The molecular weight excluding hydrogens is 276 g/mol. The lowest BCUT2D eigenvalue weighted by Crippen LogP contribution is -2.14. The summed E-state index contributed by atoms with van der Waals surface area (Å²) in [5.41, 5.74) is 0.896. The highest BCUT2D eigenvalue weighted by molar-refractivity contribution is 7.99. The van der Waals surface area contributed by atoms with Crippen molar-refractivity contribution in [1.82, 2.24) is 5.32 Å². The molecule has 0 fully saturated rings. The summed E-state index contributed by atoms with van der Waals surface area (Å²) in [6, 6.07) is 11.2. The van der Waals surface area contributed by atoms with E-state index in [4.69, 9.17) is 0 Å². The molecule has 0 aliphatic heterocycles. The van der Waals surface area contributed by atoms with Crippen LogP contribution in [0.3, 0.4) is 0 Å². The van der Waals surface area contributed by atoms with Crippen LogP contribution >= 0.6 is 11.8 Å². The Morgan fingerprint density at radius 1 is 1.10 bits per heavy atom. The van der Waals surface area contributed by atoms with Crippen molar-refractivity contribution in [3.05, 3.63) is 59.7 Å². The number of benzene rings is 2. The fraction of sp³-hybridized carbons (Fsp3) is 0.250. The van der Waals surface area contributed by atoms with Crippen molar-refractivity contribution in [2.45, 2.75) is 29.7 Å². The first-order chi connectivity index (χ1) is 9.70. The smallest absolute Gasteiger partial charge is 0.137 e. The summed E-state index contributed by atoms with van der Waals surface area (Å²) in [6.07, 6.45) is 1.03. The van der Waals surface area contributed by atoms with Crippen LogP contribution in [0.25, 0.3) is 0 Å². The normalized spacial score (nSPS) is 10.8. The SMILES string of the molecule is CCCNCc1cccc(F)c1Sc1cccc(F)c1. The molecule has 0 aliphatic carbocycles. The van der Waals surface area contributed by atoms with Crippen LogP contribution in [0.2, 0.25) is 0 Å². The van der Waals surface area contributed by atoms with E-state index >= 15 is 0 Å². The standard InChI is InChI=1S/C16H17F2NS/c1-2-9-19-11-12-5-3-8-15(18)16(12)20-14-7-4-6-13(17)10-14/h3-8,10,19H,2,9,11H2,1H3. The van der Waals surface area contributed by atoms with Crippen molar-refractivity contribution >= 4 is 11.8 Å². The maximum absolute atomic E-state index is 14.0. The van der Waals surface area contributed by atoms with E-state index in [1.54, 1.807) is 18.2 Å². The molecule has 0 unspecified atom stereocenters. The van der Waals surface area contributed by atoms with Crippen molar-refractivity contribution in [2.24, 2.45) is 0 Å². The molecule has 1 nitrogen and oxygen atoms in total. The highest BCUT2D eigenvalue weighted by atomic mass is 32.2. The van der Waals surface area contributed by atoms with Crippen LogP contribution in [-0.4, -0.2) is 6.54 Å². The second kappa shape index (κ2) is 7.41. The number of halogens is 2. The van der Waals surface area contributed by atoms with Gasteiger partial charge in [0.15, 0.2) is 0 Å². The Kier molecular flexibility index (Phi) is 5.56. The Morgan fingerprint density at radius 3 is 2.65 bits per heavy atom. The lowest BCUT2D eigenvalue weighted by Gasteiger charge is -2.11. The predicted molar refractivity (Wildman–Crippen MR) is 78.9 cm³/mol. The third-order valence-electron chi connectivity index (χ3n) is 2.81. The lowest BCUT2D eigenvalue weighted by atomic mass is 10.2. The maximum Gasteiger partial charge on any atom is 0.137 e. The molecule has 0 aromatic heterocycles. The van der Waals surface area contributed by atoms with Crippen molar-refractivity contribution < 1.29 is 8.78 Å². The number of hydrogen-bond donors (Lipinski definition) is 1. The topological polar surface area (TPSA) is 12.0 Å². The summed E-state index contributed by atoms with van der Waals surface area (Å²) in [5.74, 6) is -0.577. The molecule has 0 spiro atoms. The van der Waals surface area contributed by atoms with Crippen LogP contribution in [0.1, 0.15) is 18.9 Å². The van der Waals surface area contributed by atoms with Crippen molar-refractivity contribution in [1.29, 1.82) is 0 Å².